The number of likely N-dealkylation sites (N-methyl/N-ethyl adjacent to an activating group) is 1. The molecule has 4 aromatic rings. The summed E-state index contributed by atoms with van der Waals surface area (Å²) in [5, 5.41) is -0.468. The first-order chi connectivity index (χ1) is 18.5. The molecule has 2 aromatic heterocycles. The van der Waals surface area contributed by atoms with Gasteiger partial charge >= 0.3 is 6.18 Å². The van der Waals surface area contributed by atoms with Crippen LogP contribution >= 0.6 is 11.3 Å². The first-order valence-corrected chi connectivity index (χ1v) is 12.4. The summed E-state index contributed by atoms with van der Waals surface area (Å²) in [6, 6.07) is 2.40. The molecule has 0 saturated carbocycles. The van der Waals surface area contributed by atoms with E-state index in [0.717, 1.165) is 24.5 Å². The number of anilines is 2. The molecule has 1 atom stereocenters. The summed E-state index contributed by atoms with van der Waals surface area (Å²) in [5.41, 5.74) is 2.71. The van der Waals surface area contributed by atoms with Gasteiger partial charge in [0, 0.05) is 42.5 Å². The Hall–Kier alpha value is -4.31. The molecule has 0 radical (unpaired) electrons. The monoisotopic (exact) mass is 558 g/mol. The highest BCUT2D eigenvalue weighted by Gasteiger charge is 2.38. The molecule has 1 fully saturated rings. The van der Waals surface area contributed by atoms with Gasteiger partial charge in [0.05, 0.1) is 21.8 Å². The zero-order valence-electron chi connectivity index (χ0n) is 20.3. The Morgan fingerprint density at radius 3 is 2.74 bits per heavy atom. The van der Waals surface area contributed by atoms with E-state index in [-0.39, 0.29) is 61.6 Å². The maximum atomic E-state index is 16.2. The Kier molecular flexibility index (Phi) is 6.38. The van der Waals surface area contributed by atoms with E-state index in [2.05, 4.69) is 21.4 Å². The number of carbonyl (C=O) groups is 1. The van der Waals surface area contributed by atoms with Crippen molar-refractivity contribution in [2.24, 2.45) is 0 Å². The van der Waals surface area contributed by atoms with Crippen molar-refractivity contribution < 1.29 is 26.7 Å². The summed E-state index contributed by atoms with van der Waals surface area (Å²) in [5.74, 6) is -2.30. The number of amides is 1. The quantitative estimate of drug-likeness (QED) is 0.184. The molecule has 13 heteroatoms. The number of carbonyl (C=O) groups excluding carboxylic acids is 1. The van der Waals surface area contributed by atoms with Gasteiger partial charge in [-0.1, -0.05) is 12.6 Å². The van der Waals surface area contributed by atoms with E-state index in [9.17, 15) is 22.4 Å². The van der Waals surface area contributed by atoms with Crippen LogP contribution in [0.5, 0.6) is 0 Å². The number of benzene rings is 2. The van der Waals surface area contributed by atoms with Crippen LogP contribution in [-0.4, -0.2) is 47.0 Å². The van der Waals surface area contributed by atoms with Crippen molar-refractivity contribution in [1.82, 2.24) is 14.9 Å². The lowest BCUT2D eigenvalue weighted by Gasteiger charge is -2.27. The number of halogens is 5. The van der Waals surface area contributed by atoms with Crippen LogP contribution in [0.3, 0.4) is 0 Å². The number of nitrogens with two attached hydrogens (primary N) is 1. The molecule has 0 aliphatic carbocycles. The number of hydrogen-bond acceptors (Lipinski definition) is 6. The average Bonchev–Trinajstić information content (AvgIpc) is 3.53. The van der Waals surface area contributed by atoms with Crippen molar-refractivity contribution in [3.05, 3.63) is 65.8 Å². The largest absolute Gasteiger partial charge is 0.417 e. The van der Waals surface area contributed by atoms with Gasteiger partial charge < -0.3 is 15.5 Å². The first kappa shape index (κ1) is 26.3. The van der Waals surface area contributed by atoms with Gasteiger partial charge in [0.1, 0.15) is 23.5 Å². The normalized spacial score (nSPS) is 15.6. The van der Waals surface area contributed by atoms with Crippen LogP contribution in [0.2, 0.25) is 0 Å². The Morgan fingerprint density at radius 2 is 2.08 bits per heavy atom. The molecule has 2 aromatic carbocycles. The van der Waals surface area contributed by atoms with Crippen LogP contribution < -0.4 is 10.6 Å². The molecule has 5 rings (SSSR count). The van der Waals surface area contributed by atoms with Crippen LogP contribution in [0.25, 0.3) is 37.0 Å². The zero-order valence-corrected chi connectivity index (χ0v) is 21.1. The van der Waals surface area contributed by atoms with Gasteiger partial charge in [-0.05, 0) is 30.2 Å². The maximum absolute atomic E-state index is 16.2. The van der Waals surface area contributed by atoms with Gasteiger partial charge in [-0.25, -0.2) is 23.6 Å². The zero-order chi connectivity index (χ0) is 28.2. The van der Waals surface area contributed by atoms with Gasteiger partial charge in [-0.15, -0.1) is 11.3 Å². The fourth-order valence-corrected chi connectivity index (χ4v) is 5.91. The molecule has 1 saturated heterocycles. The van der Waals surface area contributed by atoms with Crippen LogP contribution in [0.1, 0.15) is 12.0 Å². The van der Waals surface area contributed by atoms with Crippen molar-refractivity contribution in [2.75, 3.05) is 30.8 Å². The predicted molar refractivity (Wildman–Crippen MR) is 140 cm³/mol. The topological polar surface area (TPSA) is 79.7 Å². The lowest BCUT2D eigenvalue weighted by molar-refractivity contribution is -0.137. The second kappa shape index (κ2) is 9.46. The molecular weight excluding hydrogens is 539 g/mol. The molecule has 0 bridgehead atoms. The number of nitrogens with zero attached hydrogens (tertiary/aromatic N) is 5. The van der Waals surface area contributed by atoms with E-state index in [4.69, 9.17) is 12.3 Å². The minimum Gasteiger partial charge on any atom is -0.399 e. The predicted octanol–water partition coefficient (Wildman–Crippen LogP) is 6.16. The van der Waals surface area contributed by atoms with Crippen molar-refractivity contribution in [2.45, 2.75) is 18.6 Å². The SMILES string of the molecule is [C-]#[N+]c1c(N)sc2c(F)ccc(-c3c(C(F)(F)F)cc4c(N(C)[C@@H]5CCN(C(=O)C=C)C5)ncnc4c3F)c12. The van der Waals surface area contributed by atoms with Gasteiger partial charge in [0.15, 0.2) is 5.82 Å². The summed E-state index contributed by atoms with van der Waals surface area (Å²) in [6.45, 7) is 11.6. The van der Waals surface area contributed by atoms with E-state index >= 15 is 4.39 Å². The number of aromatic nitrogens is 2. The molecule has 1 amide bonds. The minimum atomic E-state index is -5.03. The number of thiophene rings is 1. The number of rotatable bonds is 4. The lowest BCUT2D eigenvalue weighted by atomic mass is 9.93. The maximum Gasteiger partial charge on any atom is 0.417 e. The van der Waals surface area contributed by atoms with Gasteiger partial charge in [0.2, 0.25) is 11.6 Å². The van der Waals surface area contributed by atoms with Crippen LogP contribution in [-0.2, 0) is 11.0 Å². The van der Waals surface area contributed by atoms with Crippen LogP contribution in [0.4, 0.5) is 38.5 Å². The Morgan fingerprint density at radius 1 is 1.33 bits per heavy atom. The number of nitrogen functional groups attached to an aromatic ring is 1. The molecule has 7 nitrogen and oxygen atoms in total. The minimum absolute atomic E-state index is 0.0553. The lowest BCUT2D eigenvalue weighted by Crippen LogP contribution is -2.36. The first-order valence-electron chi connectivity index (χ1n) is 11.5. The molecule has 39 heavy (non-hydrogen) atoms. The Bertz CT molecular complexity index is 1710. The van der Waals surface area contributed by atoms with Crippen LogP contribution in [0, 0.1) is 18.2 Å². The second-order valence-electron chi connectivity index (χ2n) is 8.97. The van der Waals surface area contributed by atoms with E-state index in [1.807, 2.05) is 0 Å². The Balaban J connectivity index is 1.75. The fraction of sp³-hybridized carbons (Fsp3) is 0.231. The summed E-state index contributed by atoms with van der Waals surface area (Å²) >= 11 is 0.705. The fourth-order valence-electron chi connectivity index (χ4n) is 4.97. The van der Waals surface area contributed by atoms with E-state index in [0.29, 0.717) is 24.3 Å². The van der Waals surface area contributed by atoms with Crippen molar-refractivity contribution in [3.63, 3.8) is 0 Å². The van der Waals surface area contributed by atoms with Crippen molar-refractivity contribution >= 4 is 54.7 Å². The third-order valence-electron chi connectivity index (χ3n) is 6.86. The van der Waals surface area contributed by atoms with Gasteiger partial charge in [-0.2, -0.15) is 13.2 Å². The molecule has 1 aliphatic rings. The summed E-state index contributed by atoms with van der Waals surface area (Å²) in [7, 11) is 1.60. The standard InChI is InChI=1S/C26H19F5N6OS/c1-4-17(38)37-8-7-12(10-37)36(3)25-14-9-15(26(29,30)31)18(20(28)21(14)34-11-35-25)13-5-6-16(27)23-19(13)22(33-2)24(32)39-23/h4-6,9,11-12H,1,7-8,10,32H2,3H3/t12-/m1/s1. The van der Waals surface area contributed by atoms with Crippen molar-refractivity contribution in [3.8, 4) is 11.1 Å². The van der Waals surface area contributed by atoms with E-state index in [1.54, 1.807) is 16.8 Å². The summed E-state index contributed by atoms with van der Waals surface area (Å²) in [4.78, 5) is 26.5. The second-order valence-corrected chi connectivity index (χ2v) is 10.0. The third-order valence-corrected chi connectivity index (χ3v) is 7.87. The highest BCUT2D eigenvalue weighted by molar-refractivity contribution is 7.23. The van der Waals surface area contributed by atoms with Gasteiger partial charge in [-0.3, -0.25) is 4.79 Å². The molecule has 200 valence electrons. The molecule has 1 aliphatic heterocycles. The number of likely N-dealkylation sites (tertiary alicyclic amines) is 1. The Labute approximate surface area is 222 Å². The highest BCUT2D eigenvalue weighted by Crippen LogP contribution is 2.50. The smallest absolute Gasteiger partial charge is 0.399 e. The number of hydrogen-bond donors (Lipinski definition) is 1. The summed E-state index contributed by atoms with van der Waals surface area (Å²) < 4.78 is 74.1. The summed E-state index contributed by atoms with van der Waals surface area (Å²) in [6.07, 6.45) is -2.29. The molecule has 0 unspecified atom stereocenters. The average molecular weight is 559 g/mol. The van der Waals surface area contributed by atoms with Gasteiger partial charge in [0.25, 0.3) is 0 Å². The third kappa shape index (κ3) is 4.21. The molecule has 3 heterocycles. The van der Waals surface area contributed by atoms with E-state index in [1.165, 1.54) is 6.08 Å². The number of fused-ring (bicyclic) bond motifs is 2. The number of alkyl halides is 3. The van der Waals surface area contributed by atoms with E-state index < -0.39 is 28.9 Å². The van der Waals surface area contributed by atoms with Crippen LogP contribution in [0.15, 0.2) is 37.2 Å². The van der Waals surface area contributed by atoms with Crippen molar-refractivity contribution in [1.29, 1.82) is 0 Å². The molecule has 0 spiro atoms. The molecule has 2 N–H and O–H groups in total. The molecular formula is C26H19F5N6OS. The highest BCUT2D eigenvalue weighted by atomic mass is 32.1.